The van der Waals surface area contributed by atoms with E-state index >= 15 is 0 Å². The summed E-state index contributed by atoms with van der Waals surface area (Å²) in [7, 11) is 3.95. The van der Waals surface area contributed by atoms with Crippen molar-refractivity contribution in [2.75, 3.05) is 27.2 Å². The van der Waals surface area contributed by atoms with Crippen LogP contribution in [0.2, 0.25) is 0 Å². The van der Waals surface area contributed by atoms with Crippen LogP contribution < -0.4 is 0 Å². The second kappa shape index (κ2) is 27.6. The van der Waals surface area contributed by atoms with Crippen molar-refractivity contribution in [3.05, 3.63) is 36.5 Å². The number of unbranched alkanes of at least 4 members (excludes halogenated alkanes) is 14. The normalized spacial score (nSPS) is 20.2. The number of likely N-dealkylation sites (tertiary alicyclic amines) is 1. The van der Waals surface area contributed by atoms with Crippen LogP contribution in [0.25, 0.3) is 0 Å². The topological polar surface area (TPSA) is 41.9 Å². The maximum absolute atomic E-state index is 11.7. The molecular formula is C38H71NO3. The van der Waals surface area contributed by atoms with Gasteiger partial charge < -0.3 is 19.5 Å². The quantitative estimate of drug-likeness (QED) is 0.0588. The van der Waals surface area contributed by atoms with Crippen molar-refractivity contribution in [3.63, 3.8) is 0 Å². The van der Waals surface area contributed by atoms with Crippen molar-refractivity contribution >= 4 is 0 Å². The summed E-state index contributed by atoms with van der Waals surface area (Å²) >= 11 is 0. The molecule has 3 unspecified atom stereocenters. The molecule has 0 aromatic rings. The van der Waals surface area contributed by atoms with Gasteiger partial charge in [0.25, 0.3) is 0 Å². The van der Waals surface area contributed by atoms with E-state index in [1.165, 1.54) is 96.3 Å². The fourth-order valence-electron chi connectivity index (χ4n) is 6.03. The first kappa shape index (κ1) is 39.1. The largest absolute Gasteiger partial charge is 0.380 e. The smallest absolute Gasteiger partial charge is 0.165 e. The Kier molecular flexibility index (Phi) is 25.7. The second-order valence-electron chi connectivity index (χ2n) is 12.9. The van der Waals surface area contributed by atoms with E-state index in [1.54, 1.807) is 0 Å². The Balaban J connectivity index is 2.34. The second-order valence-corrected chi connectivity index (χ2v) is 12.9. The minimum atomic E-state index is -0.990. The van der Waals surface area contributed by atoms with Crippen LogP contribution in [-0.4, -0.2) is 55.2 Å². The molecule has 0 spiro atoms. The van der Waals surface area contributed by atoms with Gasteiger partial charge in [-0.25, -0.2) is 0 Å². The van der Waals surface area contributed by atoms with E-state index in [-0.39, 0.29) is 12.2 Å². The third-order valence-electron chi connectivity index (χ3n) is 8.67. The predicted octanol–water partition coefficient (Wildman–Crippen LogP) is 10.7. The van der Waals surface area contributed by atoms with Crippen LogP contribution >= 0.6 is 0 Å². The first-order valence-electron chi connectivity index (χ1n) is 18.1. The predicted molar refractivity (Wildman–Crippen MR) is 183 cm³/mol. The lowest BCUT2D eigenvalue weighted by molar-refractivity contribution is -0.241. The number of ether oxygens (including phenoxy) is 2. The molecule has 0 bridgehead atoms. The van der Waals surface area contributed by atoms with Crippen LogP contribution in [0.4, 0.5) is 0 Å². The van der Waals surface area contributed by atoms with Gasteiger partial charge in [-0.15, -0.1) is 0 Å². The molecular weight excluding hydrogens is 518 g/mol. The maximum Gasteiger partial charge on any atom is 0.165 e. The summed E-state index contributed by atoms with van der Waals surface area (Å²) in [6.45, 7) is 6.27. The van der Waals surface area contributed by atoms with E-state index in [0.29, 0.717) is 0 Å². The Morgan fingerprint density at radius 3 is 1.67 bits per heavy atom. The van der Waals surface area contributed by atoms with Gasteiger partial charge >= 0.3 is 0 Å². The summed E-state index contributed by atoms with van der Waals surface area (Å²) in [6.07, 6.45) is 41.0. The summed E-state index contributed by atoms with van der Waals surface area (Å²) < 4.78 is 12.2. The molecule has 3 atom stereocenters. The molecule has 1 N–H and O–H groups in total. The summed E-state index contributed by atoms with van der Waals surface area (Å²) in [6, 6.07) is 0. The molecule has 0 radical (unpaired) electrons. The van der Waals surface area contributed by atoms with Crippen LogP contribution in [0.15, 0.2) is 36.5 Å². The maximum atomic E-state index is 11.7. The van der Waals surface area contributed by atoms with Gasteiger partial charge in [-0.2, -0.15) is 0 Å². The van der Waals surface area contributed by atoms with E-state index in [2.05, 4.69) is 62.3 Å². The molecule has 246 valence electrons. The lowest BCUT2D eigenvalue weighted by Gasteiger charge is -2.34. The van der Waals surface area contributed by atoms with Gasteiger partial charge in [-0.05, 0) is 84.1 Å². The molecule has 42 heavy (non-hydrogen) atoms. The molecule has 0 amide bonds. The minimum absolute atomic E-state index is 0.0781. The van der Waals surface area contributed by atoms with Crippen LogP contribution in [0, 0.1) is 0 Å². The molecule has 4 nitrogen and oxygen atoms in total. The van der Waals surface area contributed by atoms with E-state index < -0.39 is 5.79 Å². The summed E-state index contributed by atoms with van der Waals surface area (Å²) in [4.78, 5) is 2.31. The van der Waals surface area contributed by atoms with E-state index in [4.69, 9.17) is 9.47 Å². The fourth-order valence-corrected chi connectivity index (χ4v) is 6.03. The zero-order chi connectivity index (χ0) is 30.6. The Morgan fingerprint density at radius 2 is 1.12 bits per heavy atom. The number of likely N-dealkylation sites (N-methyl/N-ethyl adjacent to an activating group) is 1. The van der Waals surface area contributed by atoms with Gasteiger partial charge in [0.15, 0.2) is 5.79 Å². The van der Waals surface area contributed by atoms with Crippen molar-refractivity contribution in [1.29, 1.82) is 0 Å². The van der Waals surface area contributed by atoms with Crippen LogP contribution in [0.5, 0.6) is 0 Å². The van der Waals surface area contributed by atoms with Gasteiger partial charge in [-0.3, -0.25) is 0 Å². The number of allylic oxidation sites excluding steroid dienone is 6. The van der Waals surface area contributed by atoms with Gasteiger partial charge in [0, 0.05) is 33.0 Å². The summed E-state index contributed by atoms with van der Waals surface area (Å²) in [5.41, 5.74) is 0. The van der Waals surface area contributed by atoms with Crippen LogP contribution in [0.3, 0.4) is 0 Å². The van der Waals surface area contributed by atoms with E-state index in [9.17, 15) is 5.11 Å². The minimum Gasteiger partial charge on any atom is -0.380 e. The average molecular weight is 590 g/mol. The van der Waals surface area contributed by atoms with Crippen molar-refractivity contribution in [2.45, 2.75) is 180 Å². The van der Waals surface area contributed by atoms with Crippen LogP contribution in [-0.2, 0) is 9.47 Å². The Bertz CT molecular complexity index is 675. The molecule has 0 aromatic carbocycles. The van der Waals surface area contributed by atoms with Gasteiger partial charge in [0.2, 0.25) is 0 Å². The number of aliphatic hydroxyl groups is 1. The van der Waals surface area contributed by atoms with E-state index in [1.807, 2.05) is 7.11 Å². The zero-order valence-corrected chi connectivity index (χ0v) is 28.5. The molecule has 0 aromatic heterocycles. The Morgan fingerprint density at radius 1 is 0.643 bits per heavy atom. The Hall–Kier alpha value is -0.940. The third kappa shape index (κ3) is 22.6. The molecule has 1 aliphatic rings. The monoisotopic (exact) mass is 590 g/mol. The van der Waals surface area contributed by atoms with Crippen molar-refractivity contribution in [2.24, 2.45) is 0 Å². The molecule has 1 saturated heterocycles. The number of rotatable bonds is 27. The van der Waals surface area contributed by atoms with Crippen molar-refractivity contribution in [1.82, 2.24) is 4.90 Å². The third-order valence-corrected chi connectivity index (χ3v) is 8.67. The van der Waals surface area contributed by atoms with Crippen LogP contribution in [0.1, 0.15) is 162 Å². The standard InChI is InChI=1S/C38H71NO3/c1-5-7-9-11-13-15-17-18-19-20-21-23-25-27-29-33-38(40,32-28-26-24-22-16-14-12-10-8-6-2)42-37-31-30-36(41-4)34-39(3)35-37/h8,10,13,15,18-19,36-37,40H,5-7,9,11-12,14,16-17,20-35H2,1-4H3/b10-8-,15-13-,19-18+. The number of methoxy groups -OCH3 is 1. The lowest BCUT2D eigenvalue weighted by Crippen LogP contribution is -2.40. The number of nitrogens with zero attached hydrogens (tertiary/aromatic N) is 1. The highest BCUT2D eigenvalue weighted by molar-refractivity contribution is 4.92. The SMILES string of the molecule is CC/C=C\CCCCCCCCC(O)(CCCCCCC/C=C/C/C=C\CCCCC)OC1CCC(OC)CN(C)C1. The molecule has 4 heteroatoms. The summed E-state index contributed by atoms with van der Waals surface area (Å²) in [5, 5.41) is 11.7. The molecule has 0 aliphatic carbocycles. The molecule has 0 saturated carbocycles. The molecule has 1 aliphatic heterocycles. The van der Waals surface area contributed by atoms with Gasteiger partial charge in [0.1, 0.15) is 0 Å². The molecule has 1 heterocycles. The fraction of sp³-hybridized carbons (Fsp3) is 0.842. The number of hydrogen-bond donors (Lipinski definition) is 1. The highest BCUT2D eigenvalue weighted by atomic mass is 16.6. The average Bonchev–Trinajstić information content (AvgIpc) is 3.16. The first-order valence-corrected chi connectivity index (χ1v) is 18.1. The highest BCUT2D eigenvalue weighted by Gasteiger charge is 2.32. The highest BCUT2D eigenvalue weighted by Crippen LogP contribution is 2.29. The van der Waals surface area contributed by atoms with Gasteiger partial charge in [-0.1, -0.05) is 108 Å². The van der Waals surface area contributed by atoms with E-state index in [0.717, 1.165) is 64.5 Å². The van der Waals surface area contributed by atoms with Crippen molar-refractivity contribution < 1.29 is 14.6 Å². The summed E-state index contributed by atoms with van der Waals surface area (Å²) in [5.74, 6) is -0.990. The molecule has 1 fully saturated rings. The first-order chi connectivity index (χ1) is 20.5. The Labute approximate surface area is 262 Å². The molecule has 1 rings (SSSR count). The zero-order valence-electron chi connectivity index (χ0n) is 28.5. The van der Waals surface area contributed by atoms with Crippen molar-refractivity contribution in [3.8, 4) is 0 Å². The number of hydrogen-bond acceptors (Lipinski definition) is 4. The lowest BCUT2D eigenvalue weighted by atomic mass is 9.98. The van der Waals surface area contributed by atoms with Gasteiger partial charge in [0.05, 0.1) is 12.2 Å².